The fourth-order valence-corrected chi connectivity index (χ4v) is 2.87. The van der Waals surface area contributed by atoms with Gasteiger partial charge < -0.3 is 11.1 Å². The number of hydrogen-bond donors (Lipinski definition) is 2. The van der Waals surface area contributed by atoms with Crippen molar-refractivity contribution >= 4 is 27.9 Å². The number of rotatable bonds is 4. The molecule has 0 radical (unpaired) electrons. The van der Waals surface area contributed by atoms with Gasteiger partial charge in [0.05, 0.1) is 17.9 Å². The lowest BCUT2D eigenvalue weighted by atomic mass is 10.2. The van der Waals surface area contributed by atoms with E-state index < -0.39 is 5.91 Å². The maximum atomic E-state index is 11.0. The van der Waals surface area contributed by atoms with Crippen LogP contribution in [0.2, 0.25) is 0 Å². The number of nitrogens with two attached hydrogens (primary N) is 1. The van der Waals surface area contributed by atoms with Crippen LogP contribution >= 0.6 is 11.3 Å². The van der Waals surface area contributed by atoms with Gasteiger partial charge in [-0.25, -0.2) is 4.98 Å². The molecule has 0 atom stereocenters. The molecule has 0 unspecified atom stereocenters. The van der Waals surface area contributed by atoms with Gasteiger partial charge in [-0.05, 0) is 31.2 Å². The quantitative estimate of drug-likeness (QED) is 0.773. The first-order valence-electron chi connectivity index (χ1n) is 6.20. The van der Waals surface area contributed by atoms with E-state index in [0.717, 1.165) is 22.0 Å². The first kappa shape index (κ1) is 12.7. The maximum absolute atomic E-state index is 11.0. The van der Waals surface area contributed by atoms with Gasteiger partial charge in [-0.2, -0.15) is 0 Å². The number of anilines is 1. The van der Waals surface area contributed by atoms with Gasteiger partial charge in [-0.15, -0.1) is 11.3 Å². The van der Waals surface area contributed by atoms with Crippen LogP contribution in [0, 0.1) is 6.92 Å². The average molecular weight is 286 g/mol. The van der Waals surface area contributed by atoms with Crippen molar-refractivity contribution in [3.05, 3.63) is 52.8 Å². The minimum atomic E-state index is -0.414. The zero-order valence-corrected chi connectivity index (χ0v) is 11.8. The van der Waals surface area contributed by atoms with Crippen LogP contribution in [0.3, 0.4) is 0 Å². The Bertz CT molecular complexity index is 757. The molecular formula is C14H14N4OS. The molecule has 0 spiro atoms. The summed E-state index contributed by atoms with van der Waals surface area (Å²) in [4.78, 5) is 16.5. The molecule has 0 fully saturated rings. The number of benzene rings is 1. The van der Waals surface area contributed by atoms with Crippen LogP contribution in [-0.2, 0) is 6.54 Å². The van der Waals surface area contributed by atoms with Gasteiger partial charge in [0.15, 0.2) is 4.96 Å². The second-order valence-corrected chi connectivity index (χ2v) is 5.37. The van der Waals surface area contributed by atoms with Crippen molar-refractivity contribution in [2.75, 3.05) is 5.32 Å². The number of nitrogens with zero attached hydrogens (tertiary/aromatic N) is 2. The van der Waals surface area contributed by atoms with E-state index in [4.69, 9.17) is 5.73 Å². The number of aromatic nitrogens is 2. The van der Waals surface area contributed by atoms with Crippen LogP contribution in [-0.4, -0.2) is 15.3 Å². The fourth-order valence-electron chi connectivity index (χ4n) is 2.09. The van der Waals surface area contributed by atoms with Gasteiger partial charge >= 0.3 is 0 Å². The molecule has 20 heavy (non-hydrogen) atoms. The zero-order valence-electron chi connectivity index (χ0n) is 11.0. The number of nitrogens with one attached hydrogen (secondary N) is 1. The maximum Gasteiger partial charge on any atom is 0.248 e. The van der Waals surface area contributed by atoms with Gasteiger partial charge in [-0.3, -0.25) is 9.20 Å². The molecular weight excluding hydrogens is 272 g/mol. The summed E-state index contributed by atoms with van der Waals surface area (Å²) in [7, 11) is 0. The first-order chi connectivity index (χ1) is 9.65. The predicted octanol–water partition coefficient (Wildman–Crippen LogP) is 2.42. The molecule has 1 amide bonds. The largest absolute Gasteiger partial charge is 0.379 e. The third kappa shape index (κ3) is 2.25. The molecule has 3 N–H and O–H groups in total. The highest BCUT2D eigenvalue weighted by atomic mass is 32.1. The van der Waals surface area contributed by atoms with Gasteiger partial charge in [0, 0.05) is 22.8 Å². The van der Waals surface area contributed by atoms with E-state index >= 15 is 0 Å². The van der Waals surface area contributed by atoms with Gasteiger partial charge in [-0.1, -0.05) is 0 Å². The number of imidazole rings is 1. The van der Waals surface area contributed by atoms with E-state index in [1.807, 2.05) is 30.6 Å². The minimum Gasteiger partial charge on any atom is -0.379 e. The third-order valence-corrected chi connectivity index (χ3v) is 3.95. The van der Waals surface area contributed by atoms with Crippen LogP contribution < -0.4 is 11.1 Å². The van der Waals surface area contributed by atoms with Gasteiger partial charge in [0.25, 0.3) is 0 Å². The summed E-state index contributed by atoms with van der Waals surface area (Å²) in [5.74, 6) is -0.414. The Kier molecular flexibility index (Phi) is 3.15. The second-order valence-electron chi connectivity index (χ2n) is 4.49. The predicted molar refractivity (Wildman–Crippen MR) is 80.1 cm³/mol. The summed E-state index contributed by atoms with van der Waals surface area (Å²) < 4.78 is 2.09. The lowest BCUT2D eigenvalue weighted by Crippen LogP contribution is -2.10. The van der Waals surface area contributed by atoms with Gasteiger partial charge in [0.1, 0.15) is 0 Å². The lowest BCUT2D eigenvalue weighted by Gasteiger charge is -2.07. The summed E-state index contributed by atoms with van der Waals surface area (Å²) in [6.45, 7) is 2.69. The minimum absolute atomic E-state index is 0.414. The van der Waals surface area contributed by atoms with E-state index in [1.54, 1.807) is 23.5 Å². The van der Waals surface area contributed by atoms with Crippen LogP contribution in [0.4, 0.5) is 5.69 Å². The molecule has 0 aliphatic heterocycles. The van der Waals surface area contributed by atoms with Crippen LogP contribution in [0.25, 0.3) is 4.96 Å². The van der Waals surface area contributed by atoms with Crippen molar-refractivity contribution in [2.45, 2.75) is 13.5 Å². The number of amides is 1. The number of thiazole rings is 1. The van der Waals surface area contributed by atoms with Crippen LogP contribution in [0.15, 0.2) is 35.8 Å². The number of primary amides is 1. The van der Waals surface area contributed by atoms with Crippen LogP contribution in [0.5, 0.6) is 0 Å². The summed E-state index contributed by atoms with van der Waals surface area (Å²) in [6.07, 6.45) is 2.02. The molecule has 2 aromatic heterocycles. The molecule has 3 rings (SSSR count). The SMILES string of the molecule is Cc1nc2sccn2c1CNc1ccc(C(N)=O)cc1. The summed E-state index contributed by atoms with van der Waals surface area (Å²) >= 11 is 1.62. The Morgan fingerprint density at radius 1 is 1.40 bits per heavy atom. The van der Waals surface area contributed by atoms with Crippen LogP contribution in [0.1, 0.15) is 21.7 Å². The number of aryl methyl sites for hydroxylation is 1. The third-order valence-electron chi connectivity index (χ3n) is 3.19. The van der Waals surface area contributed by atoms with E-state index in [2.05, 4.69) is 14.7 Å². The summed E-state index contributed by atoms with van der Waals surface area (Å²) in [5.41, 5.74) is 8.84. The Labute approximate surface area is 120 Å². The molecule has 0 saturated heterocycles. The van der Waals surface area contributed by atoms with Crippen molar-refractivity contribution in [1.29, 1.82) is 0 Å². The van der Waals surface area contributed by atoms with Gasteiger partial charge in [0.2, 0.25) is 5.91 Å². The molecule has 2 heterocycles. The molecule has 1 aromatic carbocycles. The highest BCUT2D eigenvalue weighted by Crippen LogP contribution is 2.18. The normalized spacial score (nSPS) is 10.8. The van der Waals surface area contributed by atoms with E-state index in [0.29, 0.717) is 12.1 Å². The summed E-state index contributed by atoms with van der Waals surface area (Å²) in [5, 5.41) is 5.35. The Morgan fingerprint density at radius 3 is 2.85 bits per heavy atom. The number of hydrogen-bond acceptors (Lipinski definition) is 4. The smallest absolute Gasteiger partial charge is 0.248 e. The molecule has 5 nitrogen and oxygen atoms in total. The van der Waals surface area contributed by atoms with E-state index in [1.165, 1.54) is 0 Å². The molecule has 102 valence electrons. The Hall–Kier alpha value is -2.34. The van der Waals surface area contributed by atoms with E-state index in [-0.39, 0.29) is 0 Å². The molecule has 0 saturated carbocycles. The Morgan fingerprint density at radius 2 is 2.15 bits per heavy atom. The number of fused-ring (bicyclic) bond motifs is 1. The molecule has 0 aliphatic carbocycles. The lowest BCUT2D eigenvalue weighted by molar-refractivity contribution is 0.100. The van der Waals surface area contributed by atoms with Crippen molar-refractivity contribution < 1.29 is 4.79 Å². The van der Waals surface area contributed by atoms with Crippen molar-refractivity contribution in [1.82, 2.24) is 9.38 Å². The number of carbonyl (C=O) groups is 1. The highest BCUT2D eigenvalue weighted by Gasteiger charge is 2.09. The highest BCUT2D eigenvalue weighted by molar-refractivity contribution is 7.15. The van der Waals surface area contributed by atoms with Crippen molar-refractivity contribution in [3.63, 3.8) is 0 Å². The topological polar surface area (TPSA) is 72.4 Å². The monoisotopic (exact) mass is 286 g/mol. The Balaban J connectivity index is 1.77. The fraction of sp³-hybridized carbons (Fsp3) is 0.143. The molecule has 0 bridgehead atoms. The molecule has 6 heteroatoms. The average Bonchev–Trinajstić information content (AvgIpc) is 2.98. The zero-order chi connectivity index (χ0) is 14.1. The molecule has 0 aliphatic rings. The summed E-state index contributed by atoms with van der Waals surface area (Å²) in [6, 6.07) is 7.13. The second kappa shape index (κ2) is 4.97. The first-order valence-corrected chi connectivity index (χ1v) is 7.08. The van der Waals surface area contributed by atoms with E-state index in [9.17, 15) is 4.79 Å². The molecule has 3 aromatic rings. The number of carbonyl (C=O) groups excluding carboxylic acids is 1. The standard InChI is InChI=1S/C14H14N4OS/c1-9-12(18-6-7-20-14(18)17-9)8-16-11-4-2-10(3-5-11)13(15)19/h2-7,16H,8H2,1H3,(H2,15,19). The van der Waals surface area contributed by atoms with Crippen molar-refractivity contribution in [3.8, 4) is 0 Å². The van der Waals surface area contributed by atoms with Crippen molar-refractivity contribution in [2.24, 2.45) is 5.73 Å².